The van der Waals surface area contributed by atoms with Crippen molar-refractivity contribution in [1.29, 1.82) is 0 Å². The Hall–Kier alpha value is -2.23. The quantitative estimate of drug-likeness (QED) is 0.685. The summed E-state index contributed by atoms with van der Waals surface area (Å²) in [5, 5.41) is 0. The van der Waals surface area contributed by atoms with Crippen molar-refractivity contribution in [2.24, 2.45) is 0 Å². The van der Waals surface area contributed by atoms with Crippen LogP contribution in [-0.4, -0.2) is 49.6 Å². The van der Waals surface area contributed by atoms with Crippen molar-refractivity contribution in [3.8, 4) is 11.5 Å². The molecule has 0 amide bonds. The van der Waals surface area contributed by atoms with E-state index < -0.39 is 22.0 Å². The average Bonchev–Trinajstić information content (AvgIpc) is 3.23. The highest BCUT2D eigenvalue weighted by molar-refractivity contribution is 8.00. The lowest BCUT2D eigenvalue weighted by Crippen LogP contribution is -2.42. The molecule has 2 aliphatic rings. The molecule has 1 fully saturated rings. The zero-order valence-corrected chi connectivity index (χ0v) is 16.6. The lowest BCUT2D eigenvalue weighted by Gasteiger charge is -2.23. The smallest absolute Gasteiger partial charge is 0.325 e. The number of esters is 1. The Labute approximate surface area is 167 Å². The summed E-state index contributed by atoms with van der Waals surface area (Å²) in [6.07, 6.45) is 0. The van der Waals surface area contributed by atoms with E-state index >= 15 is 0 Å². The van der Waals surface area contributed by atoms with E-state index in [2.05, 4.69) is 0 Å². The maximum absolute atomic E-state index is 13.1. The topological polar surface area (TPSA) is 82.1 Å². The highest BCUT2D eigenvalue weighted by atomic mass is 32.2. The van der Waals surface area contributed by atoms with Gasteiger partial charge in [-0.2, -0.15) is 4.31 Å². The molecule has 2 heterocycles. The Morgan fingerprint density at radius 3 is 2.64 bits per heavy atom. The van der Waals surface area contributed by atoms with Crippen molar-refractivity contribution in [2.45, 2.75) is 17.5 Å². The molecule has 1 unspecified atom stereocenters. The molecule has 1 saturated heterocycles. The minimum absolute atomic E-state index is 0.0695. The molecule has 0 radical (unpaired) electrons. The second-order valence-corrected chi connectivity index (χ2v) is 9.20. The van der Waals surface area contributed by atoms with E-state index in [4.69, 9.17) is 14.2 Å². The first-order chi connectivity index (χ1) is 13.6. The van der Waals surface area contributed by atoms with E-state index in [-0.39, 0.29) is 17.4 Å². The Morgan fingerprint density at radius 1 is 1.11 bits per heavy atom. The number of benzene rings is 2. The summed E-state index contributed by atoms with van der Waals surface area (Å²) in [5.41, 5.74) is 0.850. The molecular formula is C19H19NO6S2. The maximum Gasteiger partial charge on any atom is 0.325 e. The fourth-order valence-corrected chi connectivity index (χ4v) is 6.13. The number of hydrogen-bond donors (Lipinski definition) is 0. The van der Waals surface area contributed by atoms with Gasteiger partial charge in [-0.05, 0) is 17.7 Å². The van der Waals surface area contributed by atoms with Crippen molar-refractivity contribution < 1.29 is 27.4 Å². The highest BCUT2D eigenvalue weighted by Crippen LogP contribution is 2.35. The molecule has 2 aromatic rings. The number of thioether (sulfide) groups is 1. The van der Waals surface area contributed by atoms with Gasteiger partial charge < -0.3 is 14.2 Å². The first kappa shape index (κ1) is 19.1. The number of nitrogens with zero attached hydrogens (tertiary/aromatic N) is 1. The van der Waals surface area contributed by atoms with Gasteiger partial charge in [0.25, 0.3) is 0 Å². The van der Waals surface area contributed by atoms with Gasteiger partial charge in [0.05, 0.1) is 10.8 Å². The molecule has 0 bridgehead atoms. The van der Waals surface area contributed by atoms with E-state index in [0.29, 0.717) is 30.5 Å². The van der Waals surface area contributed by atoms with Crippen LogP contribution >= 0.6 is 11.8 Å². The van der Waals surface area contributed by atoms with Gasteiger partial charge in [-0.1, -0.05) is 30.3 Å². The first-order valence-electron chi connectivity index (χ1n) is 8.75. The second-order valence-electron chi connectivity index (χ2n) is 6.31. The van der Waals surface area contributed by atoms with Crippen LogP contribution in [0.25, 0.3) is 0 Å². The molecule has 0 N–H and O–H groups in total. The van der Waals surface area contributed by atoms with E-state index in [0.717, 1.165) is 5.56 Å². The standard InChI is InChI=1S/C19H19NO6S2/c21-19(26-11-14-4-2-1-3-5-14)16-12-27-13-20(16)28(22,23)15-6-7-17-18(10-15)25-9-8-24-17/h1-7,10,16H,8-9,11-13H2. The lowest BCUT2D eigenvalue weighted by atomic mass is 10.2. The minimum Gasteiger partial charge on any atom is -0.486 e. The number of carbonyl (C=O) groups is 1. The molecule has 2 aliphatic heterocycles. The summed E-state index contributed by atoms with van der Waals surface area (Å²) in [7, 11) is -3.87. The maximum atomic E-state index is 13.1. The molecule has 4 rings (SSSR count). The number of hydrogen-bond acceptors (Lipinski definition) is 7. The predicted octanol–water partition coefficient (Wildman–Crippen LogP) is 2.26. The molecule has 2 aromatic carbocycles. The number of fused-ring (bicyclic) bond motifs is 1. The third-order valence-corrected chi connectivity index (χ3v) is 7.48. The van der Waals surface area contributed by atoms with Gasteiger partial charge in [0.1, 0.15) is 25.9 Å². The van der Waals surface area contributed by atoms with Crippen molar-refractivity contribution in [3.05, 3.63) is 54.1 Å². The Morgan fingerprint density at radius 2 is 1.86 bits per heavy atom. The van der Waals surface area contributed by atoms with E-state index in [1.54, 1.807) is 6.07 Å². The van der Waals surface area contributed by atoms with Crippen LogP contribution in [0.4, 0.5) is 0 Å². The zero-order valence-electron chi connectivity index (χ0n) is 14.9. The van der Waals surface area contributed by atoms with Crippen LogP contribution in [0, 0.1) is 0 Å². The van der Waals surface area contributed by atoms with Gasteiger partial charge in [0, 0.05) is 11.8 Å². The van der Waals surface area contributed by atoms with Gasteiger partial charge in [0.15, 0.2) is 11.5 Å². The largest absolute Gasteiger partial charge is 0.486 e. The van der Waals surface area contributed by atoms with Crippen molar-refractivity contribution >= 4 is 27.8 Å². The van der Waals surface area contributed by atoms with Gasteiger partial charge in [-0.15, -0.1) is 11.8 Å². The van der Waals surface area contributed by atoms with Gasteiger partial charge in [-0.3, -0.25) is 4.79 Å². The number of sulfonamides is 1. The average molecular weight is 421 g/mol. The lowest BCUT2D eigenvalue weighted by molar-refractivity contribution is -0.148. The summed E-state index contributed by atoms with van der Waals surface area (Å²) < 4.78 is 43.7. The summed E-state index contributed by atoms with van der Waals surface area (Å²) in [5.74, 6) is 0.913. The number of rotatable bonds is 5. The highest BCUT2D eigenvalue weighted by Gasteiger charge is 2.41. The normalized spacial score (nSPS) is 19.4. The van der Waals surface area contributed by atoms with Crippen LogP contribution in [-0.2, 0) is 26.2 Å². The monoisotopic (exact) mass is 421 g/mol. The molecular weight excluding hydrogens is 402 g/mol. The van der Waals surface area contributed by atoms with Crippen molar-refractivity contribution in [1.82, 2.24) is 4.31 Å². The fourth-order valence-electron chi connectivity index (χ4n) is 2.99. The van der Waals surface area contributed by atoms with Crippen LogP contribution < -0.4 is 9.47 Å². The molecule has 7 nitrogen and oxygen atoms in total. The van der Waals surface area contributed by atoms with Gasteiger partial charge in [-0.25, -0.2) is 8.42 Å². The molecule has 1 atom stereocenters. The fraction of sp³-hybridized carbons (Fsp3) is 0.316. The van der Waals surface area contributed by atoms with Crippen molar-refractivity contribution in [2.75, 3.05) is 24.8 Å². The molecule has 9 heteroatoms. The Bertz CT molecular complexity index is 964. The van der Waals surface area contributed by atoms with Gasteiger partial charge >= 0.3 is 5.97 Å². The Kier molecular flexibility index (Phi) is 5.47. The van der Waals surface area contributed by atoms with Crippen molar-refractivity contribution in [3.63, 3.8) is 0 Å². The first-order valence-corrected chi connectivity index (χ1v) is 11.3. The molecule has 28 heavy (non-hydrogen) atoms. The number of carbonyl (C=O) groups excluding carboxylic acids is 1. The minimum atomic E-state index is -3.87. The number of ether oxygens (including phenoxy) is 3. The predicted molar refractivity (Wildman–Crippen MR) is 104 cm³/mol. The van der Waals surface area contributed by atoms with E-state index in [9.17, 15) is 13.2 Å². The molecule has 0 spiro atoms. The summed E-state index contributed by atoms with van der Waals surface area (Å²) in [4.78, 5) is 12.6. The van der Waals surface area contributed by atoms with Gasteiger partial charge in [0.2, 0.25) is 10.0 Å². The summed E-state index contributed by atoms with van der Waals surface area (Å²) in [6, 6.07) is 12.9. The molecule has 0 saturated carbocycles. The zero-order chi connectivity index (χ0) is 19.6. The van der Waals surface area contributed by atoms with Crippen LogP contribution in [0.15, 0.2) is 53.4 Å². The Balaban J connectivity index is 1.51. The van der Waals surface area contributed by atoms with E-state index in [1.807, 2.05) is 30.3 Å². The van der Waals surface area contributed by atoms with Crippen LogP contribution in [0.3, 0.4) is 0 Å². The molecule has 148 valence electrons. The molecule has 0 aromatic heterocycles. The van der Waals surface area contributed by atoms with E-state index in [1.165, 1.54) is 28.2 Å². The summed E-state index contributed by atoms with van der Waals surface area (Å²) in [6.45, 7) is 0.903. The summed E-state index contributed by atoms with van der Waals surface area (Å²) >= 11 is 1.38. The third-order valence-electron chi connectivity index (χ3n) is 4.46. The SMILES string of the molecule is O=C(OCc1ccccc1)C1CSCN1S(=O)(=O)c1ccc2c(c1)OCCO2. The van der Waals surface area contributed by atoms with Crippen LogP contribution in [0.1, 0.15) is 5.56 Å². The van der Waals surface area contributed by atoms with Crippen LogP contribution in [0.5, 0.6) is 11.5 Å². The second kappa shape index (κ2) is 8.02. The third kappa shape index (κ3) is 3.82. The molecule has 0 aliphatic carbocycles. The van der Waals surface area contributed by atoms with Crippen LogP contribution in [0.2, 0.25) is 0 Å².